The molecule has 1 aromatic rings. The quantitative estimate of drug-likeness (QED) is 0.759. The molecule has 0 amide bonds. The normalized spacial score (nSPS) is 18.9. The van der Waals surface area contributed by atoms with E-state index in [0.717, 1.165) is 30.8 Å². The van der Waals surface area contributed by atoms with Crippen LogP contribution in [0.5, 0.6) is 0 Å². The van der Waals surface area contributed by atoms with Crippen molar-refractivity contribution < 1.29 is 4.74 Å². The molecule has 0 N–H and O–H groups in total. The highest BCUT2D eigenvalue weighted by molar-refractivity contribution is 6.29. The van der Waals surface area contributed by atoms with Crippen LogP contribution in [0.4, 0.5) is 0 Å². The maximum absolute atomic E-state index is 6.09. The second-order valence-electron chi connectivity index (χ2n) is 5.70. The minimum Gasteiger partial charge on any atom is -0.370 e. The van der Waals surface area contributed by atoms with Crippen LogP contribution in [0.25, 0.3) is 0 Å². The third-order valence-corrected chi connectivity index (χ3v) is 3.62. The molecule has 0 bridgehead atoms. The second-order valence-corrected chi connectivity index (χ2v) is 6.09. The number of rotatable bonds is 2. The van der Waals surface area contributed by atoms with Gasteiger partial charge in [0.25, 0.3) is 0 Å². The van der Waals surface area contributed by atoms with Crippen LogP contribution >= 0.6 is 11.6 Å². The summed E-state index contributed by atoms with van der Waals surface area (Å²) in [6.07, 6.45) is 3.12. The number of hydrogen-bond acceptors (Lipinski definition) is 3. The Kier molecular flexibility index (Phi) is 3.17. The van der Waals surface area contributed by atoms with Crippen LogP contribution in [0, 0.1) is 0 Å². The maximum atomic E-state index is 6.09. The number of aromatic nitrogens is 2. The summed E-state index contributed by atoms with van der Waals surface area (Å²) in [5.74, 6) is 0.740. The Morgan fingerprint density at radius 1 is 1.29 bits per heavy atom. The van der Waals surface area contributed by atoms with E-state index in [9.17, 15) is 0 Å². The van der Waals surface area contributed by atoms with Crippen molar-refractivity contribution >= 4 is 11.6 Å². The summed E-state index contributed by atoms with van der Waals surface area (Å²) in [7, 11) is 1.72. The van der Waals surface area contributed by atoms with Crippen molar-refractivity contribution in [3.8, 4) is 0 Å². The largest absolute Gasteiger partial charge is 0.370 e. The van der Waals surface area contributed by atoms with E-state index in [0.29, 0.717) is 5.15 Å². The van der Waals surface area contributed by atoms with Crippen LogP contribution < -0.4 is 0 Å². The van der Waals surface area contributed by atoms with Gasteiger partial charge in [0.15, 0.2) is 5.82 Å². The van der Waals surface area contributed by atoms with Crippen molar-refractivity contribution in [1.82, 2.24) is 9.97 Å². The molecule has 1 saturated carbocycles. The lowest BCUT2D eigenvalue weighted by molar-refractivity contribution is -0.0848. The summed E-state index contributed by atoms with van der Waals surface area (Å²) in [5, 5.41) is 0.503. The van der Waals surface area contributed by atoms with Gasteiger partial charge in [-0.05, 0) is 25.3 Å². The molecule has 17 heavy (non-hydrogen) atoms. The Hall–Kier alpha value is -0.670. The molecule has 0 unspecified atom stereocenters. The number of methoxy groups -OCH3 is 1. The van der Waals surface area contributed by atoms with Gasteiger partial charge in [-0.1, -0.05) is 32.4 Å². The van der Waals surface area contributed by atoms with E-state index in [-0.39, 0.29) is 11.0 Å². The topological polar surface area (TPSA) is 35.0 Å². The maximum Gasteiger partial charge on any atom is 0.162 e. The summed E-state index contributed by atoms with van der Waals surface area (Å²) >= 11 is 6.09. The predicted octanol–water partition coefficient (Wildman–Crippen LogP) is 3.45. The van der Waals surface area contributed by atoms with Crippen molar-refractivity contribution in [3.63, 3.8) is 0 Å². The predicted molar refractivity (Wildman–Crippen MR) is 68.3 cm³/mol. The molecule has 1 aromatic heterocycles. The van der Waals surface area contributed by atoms with Gasteiger partial charge in [-0.15, -0.1) is 0 Å². The minimum absolute atomic E-state index is 0.0278. The molecule has 4 heteroatoms. The molecule has 3 nitrogen and oxygen atoms in total. The first-order valence-electron chi connectivity index (χ1n) is 5.98. The summed E-state index contributed by atoms with van der Waals surface area (Å²) < 4.78 is 5.60. The zero-order valence-corrected chi connectivity index (χ0v) is 11.6. The van der Waals surface area contributed by atoms with Crippen molar-refractivity contribution in [2.24, 2.45) is 0 Å². The number of nitrogens with zero attached hydrogens (tertiary/aromatic N) is 2. The molecule has 0 atom stereocenters. The van der Waals surface area contributed by atoms with Crippen LogP contribution in [-0.4, -0.2) is 17.1 Å². The van der Waals surface area contributed by atoms with Gasteiger partial charge in [0.2, 0.25) is 0 Å². The van der Waals surface area contributed by atoms with Gasteiger partial charge in [-0.2, -0.15) is 0 Å². The molecule has 0 saturated heterocycles. The standard InChI is InChI=1S/C13H19ClN2O/c1-12(2,3)9-8-10(14)16-11(15-9)13(17-4)6-5-7-13/h8H,5-7H2,1-4H3. The van der Waals surface area contributed by atoms with Gasteiger partial charge in [-0.3, -0.25) is 0 Å². The van der Waals surface area contributed by atoms with Crippen LogP contribution in [-0.2, 0) is 15.8 Å². The molecule has 2 rings (SSSR count). The molecule has 0 spiro atoms. The average Bonchev–Trinajstić information content (AvgIpc) is 2.14. The molecule has 94 valence electrons. The highest BCUT2D eigenvalue weighted by Crippen LogP contribution is 2.43. The van der Waals surface area contributed by atoms with Crippen LogP contribution in [0.15, 0.2) is 6.07 Å². The summed E-state index contributed by atoms with van der Waals surface area (Å²) in [6.45, 7) is 6.36. The summed E-state index contributed by atoms with van der Waals surface area (Å²) in [5.41, 5.74) is 0.640. The highest BCUT2D eigenvalue weighted by Gasteiger charge is 2.42. The van der Waals surface area contributed by atoms with E-state index in [2.05, 4.69) is 30.7 Å². The van der Waals surface area contributed by atoms with Crippen molar-refractivity contribution in [1.29, 1.82) is 0 Å². The van der Waals surface area contributed by atoms with Crippen molar-refractivity contribution in [3.05, 3.63) is 22.7 Å². The molecule has 1 heterocycles. The van der Waals surface area contributed by atoms with Gasteiger partial charge in [0, 0.05) is 12.5 Å². The second kappa shape index (κ2) is 4.21. The monoisotopic (exact) mass is 254 g/mol. The first kappa shape index (κ1) is 12.8. The fourth-order valence-electron chi connectivity index (χ4n) is 2.02. The molecule has 0 aromatic carbocycles. The van der Waals surface area contributed by atoms with Crippen LogP contribution in [0.2, 0.25) is 5.15 Å². The van der Waals surface area contributed by atoms with E-state index >= 15 is 0 Å². The Labute approximate surface area is 108 Å². The van der Waals surface area contributed by atoms with Crippen LogP contribution in [0.1, 0.15) is 51.6 Å². The first-order valence-corrected chi connectivity index (χ1v) is 6.36. The Morgan fingerprint density at radius 3 is 2.35 bits per heavy atom. The van der Waals surface area contributed by atoms with E-state index in [1.54, 1.807) is 7.11 Å². The Bertz CT molecular complexity index is 416. The third-order valence-electron chi connectivity index (χ3n) is 3.42. The van der Waals surface area contributed by atoms with E-state index in [1.165, 1.54) is 0 Å². The van der Waals surface area contributed by atoms with E-state index in [1.807, 2.05) is 6.07 Å². The van der Waals surface area contributed by atoms with Crippen molar-refractivity contribution in [2.75, 3.05) is 7.11 Å². The lowest BCUT2D eigenvalue weighted by Gasteiger charge is -2.39. The fourth-order valence-corrected chi connectivity index (χ4v) is 2.21. The average molecular weight is 255 g/mol. The van der Waals surface area contributed by atoms with Crippen molar-refractivity contribution in [2.45, 2.75) is 51.0 Å². The van der Waals surface area contributed by atoms with E-state index < -0.39 is 0 Å². The highest BCUT2D eigenvalue weighted by atomic mass is 35.5. The van der Waals surface area contributed by atoms with Gasteiger partial charge >= 0.3 is 0 Å². The number of halogens is 1. The lowest BCUT2D eigenvalue weighted by Crippen LogP contribution is -2.38. The lowest BCUT2D eigenvalue weighted by atomic mass is 9.79. The fraction of sp³-hybridized carbons (Fsp3) is 0.692. The van der Waals surface area contributed by atoms with Gasteiger partial charge in [-0.25, -0.2) is 9.97 Å². The summed E-state index contributed by atoms with van der Waals surface area (Å²) in [6, 6.07) is 1.84. The minimum atomic E-state index is -0.301. The molecule has 1 aliphatic rings. The first-order chi connectivity index (χ1) is 7.87. The molecule has 0 radical (unpaired) electrons. The molecule has 0 aliphatic heterocycles. The molecular formula is C13H19ClN2O. The zero-order chi connectivity index (χ0) is 12.7. The van der Waals surface area contributed by atoms with Gasteiger partial charge < -0.3 is 4.74 Å². The third kappa shape index (κ3) is 2.31. The molecule has 1 aliphatic carbocycles. The van der Waals surface area contributed by atoms with Crippen LogP contribution in [0.3, 0.4) is 0 Å². The Balaban J connectivity index is 2.45. The van der Waals surface area contributed by atoms with Gasteiger partial charge in [0.1, 0.15) is 10.8 Å². The Morgan fingerprint density at radius 2 is 1.94 bits per heavy atom. The summed E-state index contributed by atoms with van der Waals surface area (Å²) in [4.78, 5) is 8.99. The van der Waals surface area contributed by atoms with E-state index in [4.69, 9.17) is 16.3 Å². The molecular weight excluding hydrogens is 236 g/mol. The number of hydrogen-bond donors (Lipinski definition) is 0. The SMILES string of the molecule is COC1(c2nc(Cl)cc(C(C)(C)C)n2)CCC1. The van der Waals surface area contributed by atoms with Gasteiger partial charge in [0.05, 0.1) is 5.69 Å². The zero-order valence-electron chi connectivity index (χ0n) is 10.9. The smallest absolute Gasteiger partial charge is 0.162 e. The number of ether oxygens (including phenoxy) is 1. The molecule has 1 fully saturated rings.